The molecule has 5 nitrogen and oxygen atoms in total. The van der Waals surface area contributed by atoms with E-state index in [-0.39, 0.29) is 5.91 Å². The van der Waals surface area contributed by atoms with Crippen molar-refractivity contribution in [3.05, 3.63) is 47.8 Å². The maximum Gasteiger partial charge on any atom is 0.258 e. The Labute approximate surface area is 143 Å². The number of benzene rings is 1. The van der Waals surface area contributed by atoms with Crippen molar-refractivity contribution >= 4 is 17.5 Å². The van der Waals surface area contributed by atoms with Crippen LogP contribution < -0.4 is 10.2 Å². The molecule has 5 heteroatoms. The Balaban J connectivity index is 1.72. The van der Waals surface area contributed by atoms with Crippen LogP contribution in [-0.2, 0) is 0 Å². The van der Waals surface area contributed by atoms with Crippen molar-refractivity contribution in [3.8, 4) is 0 Å². The second-order valence-corrected chi connectivity index (χ2v) is 6.29. The number of hydrogen-bond donors (Lipinski definition) is 1. The molecule has 1 amide bonds. The largest absolute Gasteiger partial charge is 0.338 e. The Hall–Kier alpha value is -2.43. The summed E-state index contributed by atoms with van der Waals surface area (Å²) in [5.41, 5.74) is 2.32. The summed E-state index contributed by atoms with van der Waals surface area (Å²) >= 11 is 0. The molecule has 24 heavy (non-hydrogen) atoms. The number of nitrogens with one attached hydrogen (secondary N) is 1. The highest BCUT2D eigenvalue weighted by Gasteiger charge is 2.23. The smallest absolute Gasteiger partial charge is 0.258 e. The molecule has 1 unspecified atom stereocenters. The van der Waals surface area contributed by atoms with Crippen LogP contribution in [0.4, 0.5) is 11.6 Å². The molecule has 0 bridgehead atoms. The summed E-state index contributed by atoms with van der Waals surface area (Å²) in [7, 11) is 0. The first-order chi connectivity index (χ1) is 11.7. The number of piperidine rings is 1. The van der Waals surface area contributed by atoms with Gasteiger partial charge >= 0.3 is 0 Å². The standard InChI is InChI=1S/C19H24N4O/c1-3-16-9-6-7-11-23(16)19-20-12-15(13-21-19)18(24)22-17-10-5-4-8-14(17)2/h4-5,8,10,12-13,16H,3,6-7,9,11H2,1-2H3,(H,22,24). The van der Waals surface area contributed by atoms with Gasteiger partial charge in [0.05, 0.1) is 5.56 Å². The number of amides is 1. The minimum absolute atomic E-state index is 0.179. The highest BCUT2D eigenvalue weighted by Crippen LogP contribution is 2.23. The van der Waals surface area contributed by atoms with Gasteiger partial charge in [-0.1, -0.05) is 25.1 Å². The molecule has 2 aromatic rings. The van der Waals surface area contributed by atoms with E-state index in [0.29, 0.717) is 11.6 Å². The van der Waals surface area contributed by atoms with Crippen LogP contribution in [0.25, 0.3) is 0 Å². The SMILES string of the molecule is CCC1CCCCN1c1ncc(C(=O)Nc2ccccc2C)cn1. The molecule has 0 saturated carbocycles. The molecule has 1 fully saturated rings. The fourth-order valence-electron chi connectivity index (χ4n) is 3.18. The molecule has 2 heterocycles. The fourth-order valence-corrected chi connectivity index (χ4v) is 3.18. The third kappa shape index (κ3) is 3.55. The molecule has 0 spiro atoms. The first-order valence-electron chi connectivity index (χ1n) is 8.64. The number of para-hydroxylation sites is 1. The van der Waals surface area contributed by atoms with E-state index < -0.39 is 0 Å². The van der Waals surface area contributed by atoms with Gasteiger partial charge in [-0.25, -0.2) is 9.97 Å². The Morgan fingerprint density at radius 2 is 2.00 bits per heavy atom. The van der Waals surface area contributed by atoms with Gasteiger partial charge in [0.2, 0.25) is 5.95 Å². The molecule has 0 aliphatic carbocycles. The second-order valence-electron chi connectivity index (χ2n) is 6.29. The van der Waals surface area contributed by atoms with E-state index in [4.69, 9.17) is 0 Å². The van der Waals surface area contributed by atoms with Crippen molar-refractivity contribution in [1.29, 1.82) is 0 Å². The first kappa shape index (κ1) is 16.4. The summed E-state index contributed by atoms with van der Waals surface area (Å²) in [6.45, 7) is 5.16. The molecular formula is C19H24N4O. The van der Waals surface area contributed by atoms with Crippen molar-refractivity contribution in [2.75, 3.05) is 16.8 Å². The highest BCUT2D eigenvalue weighted by atomic mass is 16.1. The van der Waals surface area contributed by atoms with Crippen LogP contribution in [0.2, 0.25) is 0 Å². The lowest BCUT2D eigenvalue weighted by Gasteiger charge is -2.35. The number of aromatic nitrogens is 2. The molecular weight excluding hydrogens is 300 g/mol. The fraction of sp³-hybridized carbons (Fsp3) is 0.421. The van der Waals surface area contributed by atoms with Crippen LogP contribution in [0, 0.1) is 6.92 Å². The number of rotatable bonds is 4. The Kier molecular flexibility index (Phi) is 5.08. The average Bonchev–Trinajstić information content (AvgIpc) is 2.63. The Morgan fingerprint density at radius 1 is 1.25 bits per heavy atom. The highest BCUT2D eigenvalue weighted by molar-refractivity contribution is 6.04. The van der Waals surface area contributed by atoms with E-state index in [1.165, 1.54) is 19.3 Å². The molecule has 1 aliphatic heterocycles. The quantitative estimate of drug-likeness (QED) is 0.929. The minimum Gasteiger partial charge on any atom is -0.338 e. The van der Waals surface area contributed by atoms with Gasteiger partial charge in [0.15, 0.2) is 0 Å². The van der Waals surface area contributed by atoms with Gasteiger partial charge in [-0.2, -0.15) is 0 Å². The zero-order valence-electron chi connectivity index (χ0n) is 14.3. The summed E-state index contributed by atoms with van der Waals surface area (Å²) in [6.07, 6.45) is 7.98. The van der Waals surface area contributed by atoms with Gasteiger partial charge in [-0.05, 0) is 44.2 Å². The summed E-state index contributed by atoms with van der Waals surface area (Å²) in [5.74, 6) is 0.551. The number of nitrogens with zero attached hydrogens (tertiary/aromatic N) is 3. The van der Waals surface area contributed by atoms with E-state index in [0.717, 1.165) is 30.2 Å². The molecule has 126 valence electrons. The van der Waals surface area contributed by atoms with Crippen molar-refractivity contribution in [2.45, 2.75) is 45.6 Å². The molecule has 1 atom stereocenters. The predicted octanol–water partition coefficient (Wildman–Crippen LogP) is 3.81. The Morgan fingerprint density at radius 3 is 2.71 bits per heavy atom. The van der Waals surface area contributed by atoms with Gasteiger partial charge in [0.1, 0.15) is 0 Å². The van der Waals surface area contributed by atoms with E-state index in [2.05, 4.69) is 27.1 Å². The van der Waals surface area contributed by atoms with Gasteiger partial charge in [-0.15, -0.1) is 0 Å². The topological polar surface area (TPSA) is 58.1 Å². The summed E-state index contributed by atoms with van der Waals surface area (Å²) in [6, 6.07) is 8.22. The van der Waals surface area contributed by atoms with E-state index in [9.17, 15) is 4.79 Å². The van der Waals surface area contributed by atoms with Gasteiger partial charge in [-0.3, -0.25) is 4.79 Å². The summed E-state index contributed by atoms with van der Waals surface area (Å²) in [4.78, 5) is 23.5. The zero-order valence-corrected chi connectivity index (χ0v) is 14.3. The summed E-state index contributed by atoms with van der Waals surface area (Å²) < 4.78 is 0. The normalized spacial score (nSPS) is 17.6. The maximum absolute atomic E-state index is 12.4. The number of anilines is 2. The van der Waals surface area contributed by atoms with Crippen molar-refractivity contribution < 1.29 is 4.79 Å². The van der Waals surface area contributed by atoms with Crippen LogP contribution in [-0.4, -0.2) is 28.5 Å². The monoisotopic (exact) mass is 324 g/mol. The van der Waals surface area contributed by atoms with Gasteiger partial charge in [0.25, 0.3) is 5.91 Å². The molecule has 1 aliphatic rings. The lowest BCUT2D eigenvalue weighted by atomic mass is 10.0. The maximum atomic E-state index is 12.4. The second kappa shape index (κ2) is 7.43. The molecule has 1 N–H and O–H groups in total. The van der Waals surface area contributed by atoms with E-state index in [1.807, 2.05) is 31.2 Å². The summed E-state index contributed by atoms with van der Waals surface area (Å²) in [5, 5.41) is 2.91. The number of carbonyl (C=O) groups excluding carboxylic acids is 1. The van der Waals surface area contributed by atoms with Crippen LogP contribution in [0.3, 0.4) is 0 Å². The minimum atomic E-state index is -0.179. The predicted molar refractivity (Wildman–Crippen MR) is 96.4 cm³/mol. The molecule has 0 radical (unpaired) electrons. The van der Waals surface area contributed by atoms with Crippen LogP contribution in [0.5, 0.6) is 0 Å². The molecule has 3 rings (SSSR count). The van der Waals surface area contributed by atoms with Crippen LogP contribution in [0.15, 0.2) is 36.7 Å². The zero-order chi connectivity index (χ0) is 16.9. The van der Waals surface area contributed by atoms with Crippen molar-refractivity contribution in [1.82, 2.24) is 9.97 Å². The Bertz CT molecular complexity index is 699. The average molecular weight is 324 g/mol. The third-order valence-corrected chi connectivity index (χ3v) is 4.65. The lowest BCUT2D eigenvalue weighted by molar-refractivity contribution is 0.102. The molecule has 1 aromatic carbocycles. The van der Waals surface area contributed by atoms with Crippen molar-refractivity contribution in [2.24, 2.45) is 0 Å². The number of hydrogen-bond acceptors (Lipinski definition) is 4. The molecule has 1 saturated heterocycles. The third-order valence-electron chi connectivity index (χ3n) is 4.65. The van der Waals surface area contributed by atoms with Crippen LogP contribution in [0.1, 0.15) is 48.5 Å². The van der Waals surface area contributed by atoms with E-state index in [1.54, 1.807) is 12.4 Å². The number of carbonyl (C=O) groups is 1. The van der Waals surface area contributed by atoms with Crippen LogP contribution >= 0.6 is 0 Å². The molecule has 1 aromatic heterocycles. The van der Waals surface area contributed by atoms with Gasteiger partial charge in [0, 0.05) is 30.7 Å². The van der Waals surface area contributed by atoms with Crippen molar-refractivity contribution in [3.63, 3.8) is 0 Å². The van der Waals surface area contributed by atoms with E-state index >= 15 is 0 Å². The first-order valence-corrected chi connectivity index (χ1v) is 8.64. The van der Waals surface area contributed by atoms with Gasteiger partial charge < -0.3 is 10.2 Å². The lowest BCUT2D eigenvalue weighted by Crippen LogP contribution is -2.40. The number of aryl methyl sites for hydroxylation is 1.